The van der Waals surface area contributed by atoms with Crippen molar-refractivity contribution in [3.63, 3.8) is 0 Å². The number of carbonyl (C=O) groups is 1. The van der Waals surface area contributed by atoms with Gasteiger partial charge in [-0.2, -0.15) is 0 Å². The van der Waals surface area contributed by atoms with Crippen LogP contribution in [0.5, 0.6) is 5.75 Å². The molecule has 0 saturated carbocycles. The van der Waals surface area contributed by atoms with Gasteiger partial charge in [0.2, 0.25) is 0 Å². The van der Waals surface area contributed by atoms with Crippen molar-refractivity contribution in [1.82, 2.24) is 5.32 Å². The van der Waals surface area contributed by atoms with E-state index in [4.69, 9.17) is 4.74 Å². The number of Topliss-reactive ketones (excluding diaryl/α,β-unsaturated/α-hetero) is 1. The molecule has 5 heteroatoms. The molecule has 0 aromatic heterocycles. The van der Waals surface area contributed by atoms with Gasteiger partial charge in [-0.3, -0.25) is 4.79 Å². The first kappa shape index (κ1) is 20.9. The first-order valence-electron chi connectivity index (χ1n) is 8.32. The number of hydrogen-bond donors (Lipinski definition) is 2. The molecule has 1 aromatic carbocycles. The monoisotopic (exact) mass is 355 g/mol. The van der Waals surface area contributed by atoms with Gasteiger partial charge in [0.15, 0.2) is 5.78 Å². The van der Waals surface area contributed by atoms with Gasteiger partial charge >= 0.3 is 0 Å². The number of aliphatic hydroxyl groups is 1. The third-order valence-corrected chi connectivity index (χ3v) is 4.27. The Balaban J connectivity index is 0.00000288. The summed E-state index contributed by atoms with van der Waals surface area (Å²) in [5, 5.41) is 13.2. The van der Waals surface area contributed by atoms with Crippen molar-refractivity contribution in [2.45, 2.75) is 59.1 Å². The molecule has 24 heavy (non-hydrogen) atoms. The Morgan fingerprint density at radius 1 is 1.33 bits per heavy atom. The highest BCUT2D eigenvalue weighted by Gasteiger charge is 2.34. The molecule has 2 N–H and O–H groups in total. The Morgan fingerprint density at radius 2 is 2.00 bits per heavy atom. The van der Waals surface area contributed by atoms with E-state index in [-0.39, 0.29) is 35.8 Å². The van der Waals surface area contributed by atoms with Crippen LogP contribution in [0.1, 0.15) is 57.0 Å². The molecule has 0 fully saturated rings. The van der Waals surface area contributed by atoms with Crippen LogP contribution in [0.25, 0.3) is 0 Å². The number of rotatable bonds is 5. The second kappa shape index (κ2) is 7.85. The summed E-state index contributed by atoms with van der Waals surface area (Å²) in [6.07, 6.45) is 1.19. The summed E-state index contributed by atoms with van der Waals surface area (Å²) in [7, 11) is 0. The highest BCUT2D eigenvalue weighted by Crippen LogP contribution is 2.36. The second-order valence-corrected chi connectivity index (χ2v) is 8.13. The zero-order valence-electron chi connectivity index (χ0n) is 15.3. The molecule has 1 unspecified atom stereocenters. The molecule has 4 nitrogen and oxygen atoms in total. The minimum Gasteiger partial charge on any atom is -0.491 e. The lowest BCUT2D eigenvalue weighted by molar-refractivity contribution is 0.0810. The van der Waals surface area contributed by atoms with E-state index in [0.29, 0.717) is 12.3 Å². The zero-order valence-corrected chi connectivity index (χ0v) is 16.1. The number of aliphatic hydroxyl groups excluding tert-OH is 1. The summed E-state index contributed by atoms with van der Waals surface area (Å²) in [4.78, 5) is 12.4. The largest absolute Gasteiger partial charge is 0.491 e. The van der Waals surface area contributed by atoms with Crippen LogP contribution in [0.2, 0.25) is 0 Å². The number of halogens is 1. The van der Waals surface area contributed by atoms with Gasteiger partial charge < -0.3 is 15.2 Å². The van der Waals surface area contributed by atoms with Crippen LogP contribution >= 0.6 is 12.4 Å². The Bertz CT molecular complexity index is 578. The number of ketones is 1. The number of carbonyl (C=O) groups excluding carboxylic acids is 1. The van der Waals surface area contributed by atoms with Gasteiger partial charge in [-0.1, -0.05) is 13.8 Å². The first-order valence-corrected chi connectivity index (χ1v) is 8.32. The minimum absolute atomic E-state index is 0. The van der Waals surface area contributed by atoms with Crippen molar-refractivity contribution in [3.8, 4) is 5.75 Å². The van der Waals surface area contributed by atoms with Gasteiger partial charge in [-0.25, -0.2) is 0 Å². The molecule has 2 rings (SSSR count). The standard InChI is InChI=1S/C19H29NO3.ClH/c1-18(2,3)20-11-14(21)12-23-15-6-7-16-13(10-15)8-9-19(4,5)17(16)22;/h6-7,10,14,20-21H,8-9,11-12H2,1-5H3;1H. The summed E-state index contributed by atoms with van der Waals surface area (Å²) in [6.45, 7) is 10.9. The SMILES string of the molecule is CC(C)(C)NCC(O)COc1ccc2c(c1)CCC(C)(C)C2=O.Cl. The summed E-state index contributed by atoms with van der Waals surface area (Å²) in [5.74, 6) is 0.922. The topological polar surface area (TPSA) is 58.6 Å². The van der Waals surface area contributed by atoms with E-state index >= 15 is 0 Å². The van der Waals surface area contributed by atoms with Gasteiger partial charge in [0.05, 0.1) is 0 Å². The predicted octanol–water partition coefficient (Wildman–Crippen LogP) is 3.39. The first-order chi connectivity index (χ1) is 10.6. The fourth-order valence-corrected chi connectivity index (χ4v) is 2.69. The van der Waals surface area contributed by atoms with Crippen LogP contribution < -0.4 is 10.1 Å². The lowest BCUT2D eigenvalue weighted by atomic mass is 9.73. The fourth-order valence-electron chi connectivity index (χ4n) is 2.69. The Morgan fingerprint density at radius 3 is 2.62 bits per heavy atom. The molecule has 136 valence electrons. The van der Waals surface area contributed by atoms with E-state index in [0.717, 1.165) is 24.0 Å². The van der Waals surface area contributed by atoms with E-state index in [9.17, 15) is 9.90 Å². The predicted molar refractivity (Wildman–Crippen MR) is 99.4 cm³/mol. The molecular formula is C19H30ClNO3. The zero-order chi connectivity index (χ0) is 17.3. The molecule has 0 heterocycles. The van der Waals surface area contributed by atoms with Crippen LogP contribution in [0.15, 0.2) is 18.2 Å². The van der Waals surface area contributed by atoms with Gasteiger partial charge in [0.1, 0.15) is 18.5 Å². The van der Waals surface area contributed by atoms with E-state index in [2.05, 4.69) is 26.1 Å². The fraction of sp³-hybridized carbons (Fsp3) is 0.632. The number of β-amino-alcohol motifs (C(OH)–C–C–N with tert-alkyl or cyclic N) is 1. The molecule has 0 saturated heterocycles. The van der Waals surface area contributed by atoms with Crippen LogP contribution in [0, 0.1) is 5.41 Å². The van der Waals surface area contributed by atoms with E-state index in [1.165, 1.54) is 0 Å². The van der Waals surface area contributed by atoms with E-state index < -0.39 is 6.10 Å². The maximum Gasteiger partial charge on any atom is 0.168 e. The van der Waals surface area contributed by atoms with Gasteiger partial charge in [-0.15, -0.1) is 12.4 Å². The van der Waals surface area contributed by atoms with Crippen molar-refractivity contribution in [2.75, 3.05) is 13.2 Å². The smallest absolute Gasteiger partial charge is 0.168 e. The molecule has 0 aliphatic heterocycles. The molecule has 0 spiro atoms. The highest BCUT2D eigenvalue weighted by atomic mass is 35.5. The average Bonchev–Trinajstić information content (AvgIpc) is 2.46. The van der Waals surface area contributed by atoms with Crippen molar-refractivity contribution < 1.29 is 14.6 Å². The van der Waals surface area contributed by atoms with Crippen molar-refractivity contribution in [1.29, 1.82) is 0 Å². The van der Waals surface area contributed by atoms with E-state index in [1.807, 2.05) is 32.0 Å². The Labute approximate surface area is 151 Å². The van der Waals surface area contributed by atoms with Crippen molar-refractivity contribution in [2.24, 2.45) is 5.41 Å². The third kappa shape index (κ3) is 5.47. The normalized spacial score (nSPS) is 17.7. The number of ether oxygens (including phenoxy) is 1. The molecule has 1 aliphatic rings. The number of benzene rings is 1. The van der Waals surface area contributed by atoms with Crippen molar-refractivity contribution in [3.05, 3.63) is 29.3 Å². The molecule has 1 aliphatic carbocycles. The van der Waals surface area contributed by atoms with Crippen LogP contribution in [0.3, 0.4) is 0 Å². The Hall–Kier alpha value is -1.10. The lowest BCUT2D eigenvalue weighted by Crippen LogP contribution is -2.42. The molecule has 1 aromatic rings. The summed E-state index contributed by atoms with van der Waals surface area (Å²) in [5.41, 5.74) is 1.56. The molecule has 0 bridgehead atoms. The van der Waals surface area contributed by atoms with Crippen LogP contribution in [-0.4, -0.2) is 35.7 Å². The summed E-state index contributed by atoms with van der Waals surface area (Å²) >= 11 is 0. The van der Waals surface area contributed by atoms with Crippen LogP contribution in [0.4, 0.5) is 0 Å². The highest BCUT2D eigenvalue weighted by molar-refractivity contribution is 6.02. The third-order valence-electron chi connectivity index (χ3n) is 4.27. The summed E-state index contributed by atoms with van der Waals surface area (Å²) < 4.78 is 5.69. The number of aryl methyl sites for hydroxylation is 1. The molecule has 0 amide bonds. The van der Waals surface area contributed by atoms with Gasteiger partial charge in [-0.05, 0) is 57.4 Å². The van der Waals surface area contributed by atoms with Crippen molar-refractivity contribution >= 4 is 18.2 Å². The summed E-state index contributed by atoms with van der Waals surface area (Å²) in [6, 6.07) is 5.61. The quantitative estimate of drug-likeness (QED) is 0.850. The minimum atomic E-state index is -0.564. The number of hydrogen-bond acceptors (Lipinski definition) is 4. The molecule has 0 radical (unpaired) electrons. The second-order valence-electron chi connectivity index (χ2n) is 8.13. The average molecular weight is 356 g/mol. The molecular weight excluding hydrogens is 326 g/mol. The van der Waals surface area contributed by atoms with Gasteiger partial charge in [0.25, 0.3) is 0 Å². The maximum atomic E-state index is 12.4. The maximum absolute atomic E-state index is 12.4. The van der Waals surface area contributed by atoms with E-state index in [1.54, 1.807) is 0 Å². The number of nitrogens with one attached hydrogen (secondary N) is 1. The molecule has 1 atom stereocenters. The lowest BCUT2D eigenvalue weighted by Gasteiger charge is -2.29. The number of fused-ring (bicyclic) bond motifs is 1. The Kier molecular flexibility index (Phi) is 6.85. The van der Waals surface area contributed by atoms with Crippen LogP contribution in [-0.2, 0) is 6.42 Å². The van der Waals surface area contributed by atoms with Gasteiger partial charge in [0, 0.05) is 23.1 Å².